The predicted molar refractivity (Wildman–Crippen MR) is 114 cm³/mol. The van der Waals surface area contributed by atoms with Gasteiger partial charge in [-0.3, -0.25) is 14.4 Å². The van der Waals surface area contributed by atoms with Crippen molar-refractivity contribution in [2.45, 2.75) is 19.9 Å². The van der Waals surface area contributed by atoms with Crippen LogP contribution in [-0.4, -0.2) is 56.7 Å². The molecule has 0 aromatic heterocycles. The van der Waals surface area contributed by atoms with Crippen molar-refractivity contribution in [1.29, 1.82) is 0 Å². The van der Waals surface area contributed by atoms with Crippen LogP contribution in [0.15, 0.2) is 42.5 Å². The normalized spacial score (nSPS) is 18.9. The quantitative estimate of drug-likeness (QED) is 0.427. The molecule has 1 N–H and O–H groups in total. The monoisotopic (exact) mass is 409 g/mol. The minimum atomic E-state index is -1.05. The highest BCUT2D eigenvalue weighted by atomic mass is 16.5. The predicted octanol–water partition coefficient (Wildman–Crippen LogP) is 1.41. The fourth-order valence-corrected chi connectivity index (χ4v) is 3.91. The Kier molecular flexibility index (Phi) is 6.37. The average molecular weight is 410 g/mol. The van der Waals surface area contributed by atoms with Crippen LogP contribution < -0.4 is 9.64 Å². The van der Waals surface area contributed by atoms with Crippen molar-refractivity contribution in [2.24, 2.45) is 5.92 Å². The zero-order valence-electron chi connectivity index (χ0n) is 18.2. The lowest BCUT2D eigenvalue weighted by Gasteiger charge is -2.27. The molecule has 6 nitrogen and oxygen atoms in total. The van der Waals surface area contributed by atoms with Gasteiger partial charge in [0.25, 0.3) is 5.91 Å². The van der Waals surface area contributed by atoms with Crippen molar-refractivity contribution < 1.29 is 24.0 Å². The number of ketones is 2. The number of nitrogens with one attached hydrogen (secondary N) is 1. The van der Waals surface area contributed by atoms with Gasteiger partial charge in [-0.05, 0) is 43.2 Å². The maximum absolute atomic E-state index is 13.5. The van der Waals surface area contributed by atoms with Gasteiger partial charge in [0.1, 0.15) is 11.7 Å². The number of carbonyl (C=O) groups is 3. The summed E-state index contributed by atoms with van der Waals surface area (Å²) in [7, 11) is 5.56. The summed E-state index contributed by atoms with van der Waals surface area (Å²) in [5, 5.41) is 0. The maximum Gasteiger partial charge on any atom is 0.291 e. The molecule has 0 bridgehead atoms. The zero-order valence-corrected chi connectivity index (χ0v) is 18.2. The second kappa shape index (κ2) is 8.79. The van der Waals surface area contributed by atoms with E-state index in [9.17, 15) is 14.4 Å². The standard InChI is InChI=1S/C24H28N2O4/c1-15-6-7-16(2)19(14-15)22(27)20-21(17-8-10-18(30-5)11-9-17)26(13-12-25(3)4)24(29)23(20)28/h6-11,14,20-21H,12-13H2,1-5H3/p+1. The summed E-state index contributed by atoms with van der Waals surface area (Å²) < 4.78 is 5.23. The van der Waals surface area contributed by atoms with Gasteiger partial charge < -0.3 is 14.5 Å². The van der Waals surface area contributed by atoms with E-state index in [2.05, 4.69) is 0 Å². The van der Waals surface area contributed by atoms with E-state index in [1.807, 2.05) is 52.2 Å². The number of amides is 1. The number of hydrogen-bond donors (Lipinski definition) is 1. The third-order valence-corrected chi connectivity index (χ3v) is 5.66. The van der Waals surface area contributed by atoms with Crippen LogP contribution in [0, 0.1) is 19.8 Å². The molecule has 2 aromatic carbocycles. The van der Waals surface area contributed by atoms with Crippen LogP contribution in [0.3, 0.4) is 0 Å². The van der Waals surface area contributed by atoms with Crippen molar-refractivity contribution in [2.75, 3.05) is 34.3 Å². The van der Waals surface area contributed by atoms with Gasteiger partial charge in [-0.2, -0.15) is 0 Å². The van der Waals surface area contributed by atoms with E-state index >= 15 is 0 Å². The van der Waals surface area contributed by atoms with Gasteiger partial charge in [0.2, 0.25) is 5.78 Å². The molecule has 2 atom stereocenters. The summed E-state index contributed by atoms with van der Waals surface area (Å²) in [6.45, 7) is 4.84. The first-order valence-corrected chi connectivity index (χ1v) is 10.1. The fourth-order valence-electron chi connectivity index (χ4n) is 3.91. The van der Waals surface area contributed by atoms with E-state index in [0.29, 0.717) is 24.4 Å². The van der Waals surface area contributed by atoms with Gasteiger partial charge >= 0.3 is 0 Å². The summed E-state index contributed by atoms with van der Waals surface area (Å²) >= 11 is 0. The number of benzene rings is 2. The molecule has 6 heteroatoms. The number of quaternary nitrogens is 1. The Labute approximate surface area is 177 Å². The third-order valence-electron chi connectivity index (χ3n) is 5.66. The van der Waals surface area contributed by atoms with E-state index in [4.69, 9.17) is 4.74 Å². The van der Waals surface area contributed by atoms with Crippen LogP contribution in [0.4, 0.5) is 0 Å². The van der Waals surface area contributed by atoms with Gasteiger partial charge in [0.15, 0.2) is 5.78 Å². The number of nitrogens with zero attached hydrogens (tertiary/aromatic N) is 1. The maximum atomic E-state index is 13.5. The van der Waals surface area contributed by atoms with E-state index in [1.54, 1.807) is 30.2 Å². The molecule has 1 fully saturated rings. The van der Waals surface area contributed by atoms with Gasteiger partial charge in [0.05, 0.1) is 40.3 Å². The van der Waals surface area contributed by atoms with E-state index in [0.717, 1.165) is 21.6 Å². The number of carbonyl (C=O) groups excluding carboxylic acids is 3. The molecule has 0 spiro atoms. The molecule has 2 unspecified atom stereocenters. The second-order valence-electron chi connectivity index (χ2n) is 8.20. The minimum absolute atomic E-state index is 0.296. The first kappa shape index (κ1) is 21.7. The lowest BCUT2D eigenvalue weighted by atomic mass is 9.84. The Morgan fingerprint density at radius 3 is 2.33 bits per heavy atom. The molecule has 1 saturated heterocycles. The van der Waals surface area contributed by atoms with Crippen molar-refractivity contribution in [3.8, 4) is 5.75 Å². The summed E-state index contributed by atoms with van der Waals surface area (Å²) in [6.07, 6.45) is 0. The Balaban J connectivity index is 2.07. The van der Waals surface area contributed by atoms with Gasteiger partial charge in [-0.15, -0.1) is 0 Å². The number of methoxy groups -OCH3 is 1. The SMILES string of the molecule is COc1ccc(C2C(C(=O)c3cc(C)ccc3C)C(=O)C(=O)N2CC[NH+](C)C)cc1. The molecule has 0 saturated carbocycles. The highest BCUT2D eigenvalue weighted by molar-refractivity contribution is 6.44. The van der Waals surface area contributed by atoms with Crippen LogP contribution >= 0.6 is 0 Å². The number of likely N-dealkylation sites (N-methyl/N-ethyl adjacent to an activating group) is 1. The summed E-state index contributed by atoms with van der Waals surface area (Å²) in [5.41, 5.74) is 3.00. The lowest BCUT2D eigenvalue weighted by Crippen LogP contribution is -3.06. The molecule has 30 heavy (non-hydrogen) atoms. The molecule has 2 aromatic rings. The topological polar surface area (TPSA) is 68.1 Å². The second-order valence-corrected chi connectivity index (χ2v) is 8.20. The molecule has 3 rings (SSSR count). The molecule has 1 amide bonds. The van der Waals surface area contributed by atoms with Crippen LogP contribution in [0.25, 0.3) is 0 Å². The smallest absolute Gasteiger partial charge is 0.291 e. The van der Waals surface area contributed by atoms with Crippen molar-refractivity contribution in [3.05, 3.63) is 64.7 Å². The van der Waals surface area contributed by atoms with Crippen LogP contribution in [0.5, 0.6) is 5.75 Å². The third kappa shape index (κ3) is 4.14. The number of aryl methyl sites for hydroxylation is 2. The average Bonchev–Trinajstić information content (AvgIpc) is 2.98. The van der Waals surface area contributed by atoms with E-state index < -0.39 is 23.7 Å². The first-order valence-electron chi connectivity index (χ1n) is 10.1. The number of hydrogen-bond acceptors (Lipinski definition) is 4. The van der Waals surface area contributed by atoms with E-state index in [-0.39, 0.29) is 5.78 Å². The first-order chi connectivity index (χ1) is 14.2. The molecular formula is C24H29N2O4+. The Hall–Kier alpha value is -2.99. The molecule has 158 valence electrons. The number of ether oxygens (including phenoxy) is 1. The molecule has 0 radical (unpaired) electrons. The van der Waals surface area contributed by atoms with Crippen LogP contribution in [-0.2, 0) is 9.59 Å². The Morgan fingerprint density at radius 2 is 1.73 bits per heavy atom. The molecule has 0 aliphatic carbocycles. The Bertz CT molecular complexity index is 966. The van der Waals surface area contributed by atoms with Crippen molar-refractivity contribution in [3.63, 3.8) is 0 Å². The number of Topliss-reactive ketones (excluding diaryl/α,β-unsaturated/α-hetero) is 2. The van der Waals surface area contributed by atoms with Gasteiger partial charge in [-0.1, -0.05) is 29.8 Å². The summed E-state index contributed by atoms with van der Waals surface area (Å²) in [5.74, 6) is -1.88. The number of rotatable bonds is 7. The minimum Gasteiger partial charge on any atom is -0.497 e. The molecule has 1 heterocycles. The van der Waals surface area contributed by atoms with Crippen LogP contribution in [0.1, 0.15) is 33.1 Å². The molecular weight excluding hydrogens is 380 g/mol. The van der Waals surface area contributed by atoms with Crippen molar-refractivity contribution >= 4 is 17.5 Å². The van der Waals surface area contributed by atoms with Gasteiger partial charge in [0, 0.05) is 5.56 Å². The van der Waals surface area contributed by atoms with E-state index in [1.165, 1.54) is 0 Å². The Morgan fingerprint density at radius 1 is 1.07 bits per heavy atom. The molecule has 1 aliphatic heterocycles. The lowest BCUT2D eigenvalue weighted by molar-refractivity contribution is -0.857. The highest BCUT2D eigenvalue weighted by Gasteiger charge is 2.51. The summed E-state index contributed by atoms with van der Waals surface area (Å²) in [6, 6.07) is 12.2. The largest absolute Gasteiger partial charge is 0.497 e. The molecule has 1 aliphatic rings. The van der Waals surface area contributed by atoms with Crippen molar-refractivity contribution in [1.82, 2.24) is 4.90 Å². The number of likely N-dealkylation sites (tertiary alicyclic amines) is 1. The van der Waals surface area contributed by atoms with Crippen LogP contribution in [0.2, 0.25) is 0 Å². The fraction of sp³-hybridized carbons (Fsp3) is 0.375. The zero-order chi connectivity index (χ0) is 22.0. The highest BCUT2D eigenvalue weighted by Crippen LogP contribution is 2.38. The van der Waals surface area contributed by atoms with Gasteiger partial charge in [-0.25, -0.2) is 0 Å². The summed E-state index contributed by atoms with van der Waals surface area (Å²) in [4.78, 5) is 42.2.